The minimum atomic E-state index is 0.471. The van der Waals surface area contributed by atoms with Crippen LogP contribution < -0.4 is 5.73 Å². The maximum Gasteiger partial charge on any atom is 0.192 e. The molecule has 0 bridgehead atoms. The van der Waals surface area contributed by atoms with E-state index < -0.39 is 0 Å². The van der Waals surface area contributed by atoms with Crippen LogP contribution in [-0.2, 0) is 6.54 Å². The van der Waals surface area contributed by atoms with E-state index in [1.54, 1.807) is 0 Å². The van der Waals surface area contributed by atoms with Crippen LogP contribution >= 0.6 is 11.3 Å². The molecule has 3 nitrogen and oxygen atoms in total. The van der Waals surface area contributed by atoms with Crippen LogP contribution in [0.3, 0.4) is 0 Å². The molecule has 0 amide bonds. The second-order valence-corrected chi connectivity index (χ2v) is 6.75. The average Bonchev–Trinajstić information content (AvgIpc) is 3.14. The summed E-state index contributed by atoms with van der Waals surface area (Å²) in [5.41, 5.74) is 6.29. The second kappa shape index (κ2) is 5.95. The number of nitrogens with zero attached hydrogens (tertiary/aromatic N) is 2. The molecule has 104 valence electrons. The highest BCUT2D eigenvalue weighted by Gasteiger charge is 2.31. The minimum absolute atomic E-state index is 0.471. The van der Waals surface area contributed by atoms with Gasteiger partial charge in [-0.15, -0.1) is 11.3 Å². The molecule has 0 aliphatic heterocycles. The van der Waals surface area contributed by atoms with Gasteiger partial charge < -0.3 is 10.6 Å². The summed E-state index contributed by atoms with van der Waals surface area (Å²) in [7, 11) is 0. The summed E-state index contributed by atoms with van der Waals surface area (Å²) in [6, 6.07) is 5.40. The van der Waals surface area contributed by atoms with E-state index in [1.165, 1.54) is 49.8 Å². The number of aliphatic imine (C=N–C) groups is 1. The lowest BCUT2D eigenvalue weighted by Crippen LogP contribution is -2.39. The SMILES string of the molecule is NC(=NC1CCCCC1)N(Cc1cccs1)C1CC1. The second-order valence-electron chi connectivity index (χ2n) is 5.72. The van der Waals surface area contributed by atoms with Crippen molar-refractivity contribution in [3.05, 3.63) is 22.4 Å². The third-order valence-corrected chi connectivity index (χ3v) is 4.94. The van der Waals surface area contributed by atoms with Crippen LogP contribution in [0.1, 0.15) is 49.8 Å². The highest BCUT2D eigenvalue weighted by molar-refractivity contribution is 7.09. The quantitative estimate of drug-likeness (QED) is 0.677. The first kappa shape index (κ1) is 13.0. The van der Waals surface area contributed by atoms with Gasteiger partial charge in [0.25, 0.3) is 0 Å². The van der Waals surface area contributed by atoms with Crippen LogP contribution in [0.15, 0.2) is 22.5 Å². The molecule has 0 saturated heterocycles. The van der Waals surface area contributed by atoms with Gasteiger partial charge in [-0.05, 0) is 37.1 Å². The Labute approximate surface area is 119 Å². The van der Waals surface area contributed by atoms with Gasteiger partial charge in [-0.25, -0.2) is 4.99 Å². The standard InChI is InChI=1S/C15H23N3S/c16-15(17-12-5-2-1-3-6-12)18(13-8-9-13)11-14-7-4-10-19-14/h4,7,10,12-13H,1-3,5-6,8-9,11H2,(H2,16,17). The fraction of sp³-hybridized carbons (Fsp3) is 0.667. The highest BCUT2D eigenvalue weighted by atomic mass is 32.1. The third-order valence-electron chi connectivity index (χ3n) is 4.08. The molecule has 0 spiro atoms. The van der Waals surface area contributed by atoms with Gasteiger partial charge in [0.05, 0.1) is 12.6 Å². The van der Waals surface area contributed by atoms with Gasteiger partial charge in [0.1, 0.15) is 0 Å². The summed E-state index contributed by atoms with van der Waals surface area (Å²) >= 11 is 1.81. The summed E-state index contributed by atoms with van der Waals surface area (Å²) in [6.07, 6.45) is 8.98. The Morgan fingerprint density at radius 3 is 2.68 bits per heavy atom. The Bertz CT molecular complexity index is 417. The molecule has 3 rings (SSSR count). The van der Waals surface area contributed by atoms with Crippen molar-refractivity contribution in [3.8, 4) is 0 Å². The molecule has 0 unspecified atom stereocenters. The molecule has 2 fully saturated rings. The summed E-state index contributed by atoms with van der Waals surface area (Å²) in [5, 5.41) is 2.13. The molecular weight excluding hydrogens is 254 g/mol. The summed E-state index contributed by atoms with van der Waals surface area (Å²) in [4.78, 5) is 8.51. The molecule has 2 aliphatic carbocycles. The molecule has 1 aromatic heterocycles. The number of hydrogen-bond acceptors (Lipinski definition) is 2. The van der Waals surface area contributed by atoms with Crippen LogP contribution in [0, 0.1) is 0 Å². The highest BCUT2D eigenvalue weighted by Crippen LogP contribution is 2.29. The zero-order valence-electron chi connectivity index (χ0n) is 11.4. The normalized spacial score (nSPS) is 21.6. The number of hydrogen-bond donors (Lipinski definition) is 1. The Morgan fingerprint density at radius 2 is 2.05 bits per heavy atom. The Morgan fingerprint density at radius 1 is 1.26 bits per heavy atom. The van der Waals surface area contributed by atoms with Crippen molar-refractivity contribution < 1.29 is 0 Å². The minimum Gasteiger partial charge on any atom is -0.370 e. The number of guanidine groups is 1. The van der Waals surface area contributed by atoms with Crippen molar-refractivity contribution in [2.24, 2.45) is 10.7 Å². The number of nitrogens with two attached hydrogens (primary N) is 1. The van der Waals surface area contributed by atoms with E-state index in [4.69, 9.17) is 10.7 Å². The predicted molar refractivity (Wildman–Crippen MR) is 81.4 cm³/mol. The van der Waals surface area contributed by atoms with Crippen molar-refractivity contribution in [1.82, 2.24) is 4.90 Å². The molecule has 2 aliphatic rings. The van der Waals surface area contributed by atoms with Gasteiger partial charge in [0.2, 0.25) is 0 Å². The molecule has 0 radical (unpaired) electrons. The Kier molecular flexibility index (Phi) is 4.06. The predicted octanol–water partition coefficient (Wildman–Crippen LogP) is 3.36. The van der Waals surface area contributed by atoms with Crippen LogP contribution in [0.2, 0.25) is 0 Å². The lowest BCUT2D eigenvalue weighted by Gasteiger charge is -2.25. The number of rotatable bonds is 4. The molecule has 2 N–H and O–H groups in total. The van der Waals surface area contributed by atoms with Gasteiger partial charge in [-0.3, -0.25) is 0 Å². The van der Waals surface area contributed by atoms with E-state index in [0.29, 0.717) is 12.1 Å². The smallest absolute Gasteiger partial charge is 0.192 e. The summed E-state index contributed by atoms with van der Waals surface area (Å²) in [6.45, 7) is 0.935. The van der Waals surface area contributed by atoms with Crippen LogP contribution in [0.5, 0.6) is 0 Å². The topological polar surface area (TPSA) is 41.6 Å². The van der Waals surface area contributed by atoms with E-state index in [9.17, 15) is 0 Å². The van der Waals surface area contributed by atoms with E-state index in [-0.39, 0.29) is 0 Å². The Hall–Kier alpha value is -1.03. The zero-order valence-corrected chi connectivity index (χ0v) is 12.2. The maximum atomic E-state index is 6.29. The molecular formula is C15H23N3S. The number of thiophene rings is 1. The first-order valence-corrected chi connectivity index (χ1v) is 8.33. The fourth-order valence-electron chi connectivity index (χ4n) is 2.83. The molecule has 0 aromatic carbocycles. The van der Waals surface area contributed by atoms with Crippen molar-refractivity contribution >= 4 is 17.3 Å². The lowest BCUT2D eigenvalue weighted by molar-refractivity contribution is 0.386. The monoisotopic (exact) mass is 277 g/mol. The first-order chi connectivity index (χ1) is 9.33. The van der Waals surface area contributed by atoms with E-state index in [1.807, 2.05) is 11.3 Å². The van der Waals surface area contributed by atoms with Crippen molar-refractivity contribution in [2.75, 3.05) is 0 Å². The average molecular weight is 277 g/mol. The van der Waals surface area contributed by atoms with Crippen molar-refractivity contribution in [1.29, 1.82) is 0 Å². The van der Waals surface area contributed by atoms with Crippen molar-refractivity contribution in [2.45, 2.75) is 63.6 Å². The lowest BCUT2D eigenvalue weighted by atomic mass is 9.96. The molecule has 2 saturated carbocycles. The first-order valence-electron chi connectivity index (χ1n) is 7.45. The van der Waals surface area contributed by atoms with Crippen LogP contribution in [-0.4, -0.2) is 22.9 Å². The van der Waals surface area contributed by atoms with E-state index >= 15 is 0 Å². The van der Waals surface area contributed by atoms with Gasteiger partial charge in [-0.2, -0.15) is 0 Å². The van der Waals surface area contributed by atoms with Gasteiger partial charge in [-0.1, -0.05) is 25.3 Å². The van der Waals surface area contributed by atoms with Crippen LogP contribution in [0.25, 0.3) is 0 Å². The Balaban J connectivity index is 1.66. The molecule has 1 heterocycles. The van der Waals surface area contributed by atoms with Gasteiger partial charge >= 0.3 is 0 Å². The fourth-order valence-corrected chi connectivity index (χ4v) is 3.53. The van der Waals surface area contributed by atoms with E-state index in [2.05, 4.69) is 22.4 Å². The zero-order chi connectivity index (χ0) is 13.1. The van der Waals surface area contributed by atoms with Crippen molar-refractivity contribution in [3.63, 3.8) is 0 Å². The largest absolute Gasteiger partial charge is 0.370 e. The van der Waals surface area contributed by atoms with Gasteiger partial charge in [0.15, 0.2) is 5.96 Å². The molecule has 1 aromatic rings. The summed E-state index contributed by atoms with van der Waals surface area (Å²) in [5.74, 6) is 0.780. The summed E-state index contributed by atoms with van der Waals surface area (Å²) < 4.78 is 0. The third kappa shape index (κ3) is 3.50. The van der Waals surface area contributed by atoms with E-state index in [0.717, 1.165) is 12.5 Å². The maximum absolute atomic E-state index is 6.29. The van der Waals surface area contributed by atoms with Gasteiger partial charge in [0, 0.05) is 10.9 Å². The molecule has 0 atom stereocenters. The molecule has 19 heavy (non-hydrogen) atoms. The molecule has 4 heteroatoms. The van der Waals surface area contributed by atoms with Crippen LogP contribution in [0.4, 0.5) is 0 Å².